The lowest BCUT2D eigenvalue weighted by molar-refractivity contribution is -0.388. The molecule has 5 nitrogen and oxygen atoms in total. The summed E-state index contributed by atoms with van der Waals surface area (Å²) in [4.78, 5) is 10.3. The molecule has 1 heterocycles. The van der Waals surface area contributed by atoms with E-state index < -0.39 is 0 Å². The van der Waals surface area contributed by atoms with Crippen molar-refractivity contribution in [2.24, 2.45) is 0 Å². The van der Waals surface area contributed by atoms with Gasteiger partial charge in [0, 0.05) is 6.54 Å². The van der Waals surface area contributed by atoms with Crippen molar-refractivity contribution < 1.29 is 4.92 Å². The van der Waals surface area contributed by atoms with E-state index in [1.54, 1.807) is 11.6 Å². The van der Waals surface area contributed by atoms with E-state index in [4.69, 9.17) is 0 Å². The third-order valence-electron chi connectivity index (χ3n) is 1.73. The van der Waals surface area contributed by atoms with Gasteiger partial charge in [0.2, 0.25) is 0 Å². The molecular formula is C7H11N3O2S. The number of aromatic nitrogens is 2. The maximum absolute atomic E-state index is 10.7. The van der Waals surface area contributed by atoms with Crippen LogP contribution in [0.25, 0.3) is 0 Å². The highest BCUT2D eigenvalue weighted by Gasteiger charge is 2.23. The molecule has 0 spiro atoms. The fraction of sp³-hybridized carbons (Fsp3) is 0.571. The van der Waals surface area contributed by atoms with E-state index in [0.29, 0.717) is 17.3 Å². The van der Waals surface area contributed by atoms with Crippen LogP contribution >= 0.6 is 11.8 Å². The molecule has 0 unspecified atom stereocenters. The zero-order valence-electron chi connectivity index (χ0n) is 7.77. The van der Waals surface area contributed by atoms with Gasteiger partial charge in [-0.15, -0.1) is 11.8 Å². The Bertz CT molecular complexity index is 335. The van der Waals surface area contributed by atoms with Crippen LogP contribution in [0.3, 0.4) is 0 Å². The zero-order valence-corrected chi connectivity index (χ0v) is 8.59. The molecule has 0 aliphatic heterocycles. The van der Waals surface area contributed by atoms with Crippen LogP contribution in [0.4, 0.5) is 5.69 Å². The Hall–Kier alpha value is -1.04. The minimum atomic E-state index is -0.375. The quantitative estimate of drug-likeness (QED) is 0.425. The highest BCUT2D eigenvalue weighted by atomic mass is 32.2. The summed E-state index contributed by atoms with van der Waals surface area (Å²) < 4.78 is 1.65. The number of rotatable bonds is 3. The van der Waals surface area contributed by atoms with Gasteiger partial charge in [0.05, 0.1) is 4.92 Å². The predicted molar refractivity (Wildman–Crippen MR) is 51.1 cm³/mol. The molecule has 0 saturated heterocycles. The fourth-order valence-corrected chi connectivity index (χ4v) is 1.97. The molecule has 0 N–H and O–H groups in total. The average Bonchev–Trinajstić information content (AvgIpc) is 2.41. The van der Waals surface area contributed by atoms with Crippen molar-refractivity contribution in [3.8, 4) is 0 Å². The Morgan fingerprint density at radius 3 is 2.69 bits per heavy atom. The topological polar surface area (TPSA) is 61.0 Å². The van der Waals surface area contributed by atoms with E-state index in [1.807, 2.05) is 13.2 Å². The maximum atomic E-state index is 10.7. The first-order chi connectivity index (χ1) is 6.11. The molecule has 0 atom stereocenters. The summed E-state index contributed by atoms with van der Waals surface area (Å²) >= 11 is 1.35. The second kappa shape index (κ2) is 3.78. The summed E-state index contributed by atoms with van der Waals surface area (Å²) in [6.07, 6.45) is 1.82. The van der Waals surface area contributed by atoms with E-state index in [-0.39, 0.29) is 10.6 Å². The molecule has 0 radical (unpaired) electrons. The molecular weight excluding hydrogens is 190 g/mol. The van der Waals surface area contributed by atoms with Crippen LogP contribution in [0, 0.1) is 17.0 Å². The van der Waals surface area contributed by atoms with Crippen LogP contribution in [-0.2, 0) is 6.54 Å². The Kier molecular flexibility index (Phi) is 2.92. The minimum Gasteiger partial charge on any atom is -0.258 e. The van der Waals surface area contributed by atoms with Crippen LogP contribution in [0.2, 0.25) is 0 Å². The summed E-state index contributed by atoms with van der Waals surface area (Å²) in [5, 5.41) is 15.4. The van der Waals surface area contributed by atoms with Crippen molar-refractivity contribution in [1.82, 2.24) is 9.78 Å². The molecule has 1 rings (SSSR count). The molecule has 0 amide bonds. The van der Waals surface area contributed by atoms with E-state index >= 15 is 0 Å². The largest absolute Gasteiger partial charge is 0.323 e. The number of aryl methyl sites for hydroxylation is 2. The third kappa shape index (κ3) is 1.67. The van der Waals surface area contributed by atoms with E-state index in [1.165, 1.54) is 11.8 Å². The van der Waals surface area contributed by atoms with Crippen molar-refractivity contribution >= 4 is 17.4 Å². The molecule has 0 bridgehead atoms. The lowest BCUT2D eigenvalue weighted by Gasteiger charge is -1.98. The van der Waals surface area contributed by atoms with Gasteiger partial charge in [0.1, 0.15) is 5.69 Å². The van der Waals surface area contributed by atoms with Crippen molar-refractivity contribution in [2.75, 3.05) is 6.26 Å². The Morgan fingerprint density at radius 2 is 2.31 bits per heavy atom. The van der Waals surface area contributed by atoms with Gasteiger partial charge >= 0.3 is 5.69 Å². The summed E-state index contributed by atoms with van der Waals surface area (Å²) in [5.74, 6) is 0. The second-order valence-corrected chi connectivity index (χ2v) is 3.31. The van der Waals surface area contributed by atoms with Crippen molar-refractivity contribution in [2.45, 2.75) is 25.4 Å². The monoisotopic (exact) mass is 201 g/mol. The average molecular weight is 201 g/mol. The SMILES string of the molecule is CCn1nc(C)c([N+](=O)[O-])c1SC. The van der Waals surface area contributed by atoms with Gasteiger partial charge in [-0.2, -0.15) is 5.10 Å². The lowest BCUT2D eigenvalue weighted by Crippen LogP contribution is -1.98. The molecule has 1 aromatic rings. The van der Waals surface area contributed by atoms with E-state index in [2.05, 4.69) is 5.10 Å². The van der Waals surface area contributed by atoms with Crippen LogP contribution in [0.5, 0.6) is 0 Å². The van der Waals surface area contributed by atoms with Crippen LogP contribution in [-0.4, -0.2) is 21.0 Å². The molecule has 72 valence electrons. The molecule has 0 aliphatic carbocycles. The number of hydrogen-bond acceptors (Lipinski definition) is 4. The van der Waals surface area contributed by atoms with Crippen LogP contribution in [0.1, 0.15) is 12.6 Å². The second-order valence-electron chi connectivity index (χ2n) is 2.52. The first-order valence-electron chi connectivity index (χ1n) is 3.87. The number of thioether (sulfide) groups is 1. The first-order valence-corrected chi connectivity index (χ1v) is 5.10. The fourth-order valence-electron chi connectivity index (χ4n) is 1.18. The summed E-state index contributed by atoms with van der Waals surface area (Å²) in [7, 11) is 0. The lowest BCUT2D eigenvalue weighted by atomic mass is 10.4. The van der Waals surface area contributed by atoms with Gasteiger partial charge in [-0.25, -0.2) is 0 Å². The van der Waals surface area contributed by atoms with Gasteiger partial charge in [-0.3, -0.25) is 14.8 Å². The normalized spacial score (nSPS) is 10.4. The number of nitro groups is 1. The minimum absolute atomic E-state index is 0.134. The van der Waals surface area contributed by atoms with Crippen LogP contribution < -0.4 is 0 Å². The van der Waals surface area contributed by atoms with Crippen LogP contribution in [0.15, 0.2) is 5.03 Å². The molecule has 0 saturated carbocycles. The number of hydrogen-bond donors (Lipinski definition) is 0. The third-order valence-corrected chi connectivity index (χ3v) is 2.52. The van der Waals surface area contributed by atoms with Gasteiger partial charge < -0.3 is 0 Å². The summed E-state index contributed by atoms with van der Waals surface area (Å²) in [6.45, 7) is 4.23. The Labute approximate surface area is 80.3 Å². The maximum Gasteiger partial charge on any atom is 0.323 e. The smallest absolute Gasteiger partial charge is 0.258 e. The highest BCUT2D eigenvalue weighted by molar-refractivity contribution is 7.98. The summed E-state index contributed by atoms with van der Waals surface area (Å²) in [5.41, 5.74) is 0.616. The molecule has 0 fully saturated rings. The van der Waals surface area contributed by atoms with Gasteiger partial charge in [-0.05, 0) is 20.1 Å². The molecule has 0 aromatic carbocycles. The van der Waals surface area contributed by atoms with E-state index in [9.17, 15) is 10.1 Å². The highest BCUT2D eigenvalue weighted by Crippen LogP contribution is 2.30. The van der Waals surface area contributed by atoms with Gasteiger partial charge in [0.25, 0.3) is 0 Å². The first kappa shape index (κ1) is 10.0. The summed E-state index contributed by atoms with van der Waals surface area (Å²) in [6, 6.07) is 0. The van der Waals surface area contributed by atoms with Gasteiger partial charge in [0.15, 0.2) is 5.03 Å². The zero-order chi connectivity index (χ0) is 10.0. The predicted octanol–water partition coefficient (Wildman–Crippen LogP) is 1.84. The molecule has 1 aromatic heterocycles. The van der Waals surface area contributed by atoms with Crippen molar-refractivity contribution in [3.05, 3.63) is 15.8 Å². The standard InChI is InChI=1S/C7H11N3O2S/c1-4-9-7(13-3)6(10(11)12)5(2)8-9/h4H2,1-3H3. The van der Waals surface area contributed by atoms with Gasteiger partial charge in [-0.1, -0.05) is 0 Å². The molecule has 0 aliphatic rings. The molecule has 13 heavy (non-hydrogen) atoms. The van der Waals surface area contributed by atoms with Crippen molar-refractivity contribution in [1.29, 1.82) is 0 Å². The Morgan fingerprint density at radius 1 is 1.69 bits per heavy atom. The van der Waals surface area contributed by atoms with Crippen molar-refractivity contribution in [3.63, 3.8) is 0 Å². The van der Waals surface area contributed by atoms with E-state index in [0.717, 1.165) is 0 Å². The Balaban J connectivity index is 3.31. The molecule has 6 heteroatoms. The number of nitrogens with zero attached hydrogens (tertiary/aromatic N) is 3.